The molecule has 1 saturated carbocycles. The highest BCUT2D eigenvalue weighted by Gasteiger charge is 2.30. The lowest BCUT2D eigenvalue weighted by molar-refractivity contribution is 0.422. The summed E-state index contributed by atoms with van der Waals surface area (Å²) in [5.41, 5.74) is 0.821. The van der Waals surface area contributed by atoms with Gasteiger partial charge in [0.2, 0.25) is 0 Å². The number of anilines is 1. The van der Waals surface area contributed by atoms with Crippen molar-refractivity contribution in [3.05, 3.63) is 28.3 Å². The third-order valence-corrected chi connectivity index (χ3v) is 5.72. The van der Waals surface area contributed by atoms with Gasteiger partial charge >= 0.3 is 0 Å². The lowest BCUT2D eigenvalue weighted by atomic mass is 10.2. The van der Waals surface area contributed by atoms with E-state index >= 15 is 0 Å². The van der Waals surface area contributed by atoms with Gasteiger partial charge in [0.05, 0.1) is 4.34 Å². The van der Waals surface area contributed by atoms with Gasteiger partial charge in [-0.2, -0.15) is 0 Å². The van der Waals surface area contributed by atoms with Gasteiger partial charge in [0.25, 0.3) is 10.0 Å². The van der Waals surface area contributed by atoms with Gasteiger partial charge in [0.15, 0.2) is 5.82 Å². The SMILES string of the molecule is O=S(=O)(Nc1nocc1C1CC1)c1ccc(Cl)s1. The molecule has 0 atom stereocenters. The molecule has 96 valence electrons. The van der Waals surface area contributed by atoms with Gasteiger partial charge in [0.1, 0.15) is 10.5 Å². The van der Waals surface area contributed by atoms with E-state index in [1.807, 2.05) is 0 Å². The van der Waals surface area contributed by atoms with Crippen LogP contribution in [-0.2, 0) is 10.0 Å². The van der Waals surface area contributed by atoms with E-state index in [4.69, 9.17) is 16.1 Å². The minimum atomic E-state index is -3.63. The molecule has 5 nitrogen and oxygen atoms in total. The van der Waals surface area contributed by atoms with Crippen molar-refractivity contribution in [3.8, 4) is 0 Å². The summed E-state index contributed by atoms with van der Waals surface area (Å²) in [6, 6.07) is 3.01. The van der Waals surface area contributed by atoms with Crippen LogP contribution in [0.4, 0.5) is 5.82 Å². The number of nitrogens with one attached hydrogen (secondary N) is 1. The molecule has 0 aliphatic heterocycles. The van der Waals surface area contributed by atoms with E-state index in [1.165, 1.54) is 12.3 Å². The first-order chi connectivity index (χ1) is 8.56. The first kappa shape index (κ1) is 12.0. The van der Waals surface area contributed by atoms with Crippen LogP contribution in [0, 0.1) is 0 Å². The van der Waals surface area contributed by atoms with Crippen LogP contribution in [-0.4, -0.2) is 13.6 Å². The molecule has 1 N–H and O–H groups in total. The molecule has 0 bridgehead atoms. The van der Waals surface area contributed by atoms with Gasteiger partial charge in [-0.3, -0.25) is 4.72 Å². The zero-order valence-corrected chi connectivity index (χ0v) is 11.5. The van der Waals surface area contributed by atoms with Crippen LogP contribution in [0.5, 0.6) is 0 Å². The van der Waals surface area contributed by atoms with Crippen molar-refractivity contribution in [2.45, 2.75) is 23.0 Å². The Hall–Kier alpha value is -1.05. The van der Waals surface area contributed by atoms with Gasteiger partial charge in [-0.1, -0.05) is 16.8 Å². The average Bonchev–Trinajstić information content (AvgIpc) is 2.88. The third kappa shape index (κ3) is 2.25. The highest BCUT2D eigenvalue weighted by molar-refractivity contribution is 7.94. The Morgan fingerprint density at radius 1 is 1.44 bits per heavy atom. The van der Waals surface area contributed by atoms with E-state index < -0.39 is 10.0 Å². The number of nitrogens with zero attached hydrogens (tertiary/aromatic N) is 1. The summed E-state index contributed by atoms with van der Waals surface area (Å²) in [6.45, 7) is 0. The van der Waals surface area contributed by atoms with Crippen LogP contribution in [0.1, 0.15) is 24.3 Å². The molecule has 0 spiro atoms. The summed E-state index contributed by atoms with van der Waals surface area (Å²) < 4.78 is 32.0. The molecule has 18 heavy (non-hydrogen) atoms. The van der Waals surface area contributed by atoms with E-state index in [0.717, 1.165) is 29.7 Å². The van der Waals surface area contributed by atoms with Crippen molar-refractivity contribution in [3.63, 3.8) is 0 Å². The molecule has 1 fully saturated rings. The Morgan fingerprint density at radius 3 is 2.83 bits per heavy atom. The summed E-state index contributed by atoms with van der Waals surface area (Å²) in [7, 11) is -3.63. The Balaban J connectivity index is 1.89. The van der Waals surface area contributed by atoms with Crippen LogP contribution < -0.4 is 4.72 Å². The normalized spacial score (nSPS) is 15.8. The minimum absolute atomic E-state index is 0.164. The van der Waals surface area contributed by atoms with E-state index in [1.54, 1.807) is 6.07 Å². The highest BCUT2D eigenvalue weighted by Crippen LogP contribution is 2.43. The second-order valence-corrected chi connectivity index (χ2v) is 7.68. The highest BCUT2D eigenvalue weighted by atomic mass is 35.5. The zero-order valence-electron chi connectivity index (χ0n) is 9.09. The van der Waals surface area contributed by atoms with Crippen LogP contribution in [0.2, 0.25) is 4.34 Å². The Morgan fingerprint density at radius 2 is 2.22 bits per heavy atom. The fraction of sp³-hybridized carbons (Fsp3) is 0.300. The molecule has 0 saturated heterocycles. The second-order valence-electron chi connectivity index (χ2n) is 4.06. The first-order valence-electron chi connectivity index (χ1n) is 5.29. The number of aromatic nitrogens is 1. The molecule has 0 unspecified atom stereocenters. The van der Waals surface area contributed by atoms with E-state index in [-0.39, 0.29) is 10.0 Å². The largest absolute Gasteiger partial charge is 0.362 e. The Bertz CT molecular complexity index is 673. The smallest absolute Gasteiger partial charge is 0.272 e. The maximum Gasteiger partial charge on any atom is 0.272 e. The number of hydrogen-bond donors (Lipinski definition) is 1. The molecule has 2 aromatic rings. The molecule has 0 aromatic carbocycles. The number of sulfonamides is 1. The molecule has 1 aliphatic rings. The van der Waals surface area contributed by atoms with Gasteiger partial charge in [0, 0.05) is 5.56 Å². The zero-order chi connectivity index (χ0) is 12.8. The van der Waals surface area contributed by atoms with Gasteiger partial charge in [-0.05, 0) is 30.9 Å². The summed E-state index contributed by atoms with van der Waals surface area (Å²) in [5.74, 6) is 0.642. The molecular weight excluding hydrogens is 296 g/mol. The number of rotatable bonds is 4. The van der Waals surface area contributed by atoms with Crippen LogP contribution >= 0.6 is 22.9 Å². The molecular formula is C10H9ClN2O3S2. The summed E-state index contributed by atoms with van der Waals surface area (Å²) in [5, 5.41) is 3.70. The van der Waals surface area contributed by atoms with Crippen LogP contribution in [0.15, 0.2) is 27.1 Å². The van der Waals surface area contributed by atoms with Crippen molar-refractivity contribution in [1.82, 2.24) is 5.16 Å². The maximum atomic E-state index is 12.1. The standard InChI is InChI=1S/C10H9ClN2O3S2/c11-8-3-4-9(17-8)18(14,15)13-10-7(5-16-12-10)6-1-2-6/h3-6H,1-2H2,(H,12,13). The fourth-order valence-electron chi connectivity index (χ4n) is 1.63. The van der Waals surface area contributed by atoms with Gasteiger partial charge < -0.3 is 4.52 Å². The predicted octanol–water partition coefficient (Wildman–Crippen LogP) is 3.07. The first-order valence-corrected chi connectivity index (χ1v) is 7.96. The molecule has 8 heteroatoms. The lowest BCUT2D eigenvalue weighted by Gasteiger charge is -2.03. The summed E-state index contributed by atoms with van der Waals surface area (Å²) in [6.07, 6.45) is 3.58. The number of hydrogen-bond acceptors (Lipinski definition) is 5. The van der Waals surface area contributed by atoms with Gasteiger partial charge in [-0.15, -0.1) is 11.3 Å². The third-order valence-electron chi connectivity index (χ3n) is 2.66. The second kappa shape index (κ2) is 4.25. The lowest BCUT2D eigenvalue weighted by Crippen LogP contribution is -2.12. The monoisotopic (exact) mass is 304 g/mol. The van der Waals surface area contributed by atoms with Gasteiger partial charge in [-0.25, -0.2) is 8.42 Å². The van der Waals surface area contributed by atoms with E-state index in [0.29, 0.717) is 10.3 Å². The van der Waals surface area contributed by atoms with E-state index in [2.05, 4.69) is 9.88 Å². The Labute approximate surface area is 113 Å². The molecule has 3 rings (SSSR count). The maximum absolute atomic E-state index is 12.1. The predicted molar refractivity (Wildman–Crippen MR) is 68.6 cm³/mol. The Kier molecular flexibility index (Phi) is 2.84. The van der Waals surface area contributed by atoms with E-state index in [9.17, 15) is 8.42 Å². The summed E-state index contributed by atoms with van der Waals surface area (Å²) >= 11 is 6.74. The number of thiophene rings is 1. The number of halogens is 1. The van der Waals surface area contributed by atoms with Crippen molar-refractivity contribution in [1.29, 1.82) is 0 Å². The quantitative estimate of drug-likeness (QED) is 0.942. The van der Waals surface area contributed by atoms with Crippen molar-refractivity contribution in [2.75, 3.05) is 4.72 Å². The molecule has 2 heterocycles. The summed E-state index contributed by atoms with van der Waals surface area (Å²) in [4.78, 5) is 0. The van der Waals surface area contributed by atoms with Crippen molar-refractivity contribution < 1.29 is 12.9 Å². The van der Waals surface area contributed by atoms with Crippen LogP contribution in [0.25, 0.3) is 0 Å². The molecule has 0 amide bonds. The average molecular weight is 305 g/mol. The molecule has 2 aromatic heterocycles. The fourth-order valence-corrected chi connectivity index (χ4v) is 4.13. The van der Waals surface area contributed by atoms with Crippen molar-refractivity contribution in [2.24, 2.45) is 0 Å². The van der Waals surface area contributed by atoms with Crippen molar-refractivity contribution >= 4 is 38.8 Å². The molecule has 1 aliphatic carbocycles. The molecule has 0 radical (unpaired) electrons. The van der Waals surface area contributed by atoms with Crippen LogP contribution in [0.3, 0.4) is 0 Å². The topological polar surface area (TPSA) is 72.2 Å². The minimum Gasteiger partial charge on any atom is -0.362 e.